The molecule has 0 fully saturated rings. The zero-order chi connectivity index (χ0) is 47.1. The van der Waals surface area contributed by atoms with Crippen molar-refractivity contribution < 1.29 is 164 Å². The van der Waals surface area contributed by atoms with Gasteiger partial charge < -0.3 is 0 Å². The van der Waals surface area contributed by atoms with Gasteiger partial charge in [0.2, 0.25) is 0 Å². The molecule has 0 aromatic heterocycles. The van der Waals surface area contributed by atoms with Gasteiger partial charge in [-0.2, -0.15) is 175 Å². The third kappa shape index (κ3) is 32.7. The van der Waals surface area contributed by atoms with Gasteiger partial charge in [0.25, 0.3) is 0 Å². The summed E-state index contributed by atoms with van der Waals surface area (Å²) in [5, 5.41) is 0. The van der Waals surface area contributed by atoms with Gasteiger partial charge in [0, 0.05) is 164 Å². The molecule has 7 aromatic carbocycles. The van der Waals surface area contributed by atoms with Crippen LogP contribution in [0.2, 0.25) is 0 Å². The Morgan fingerprint density at radius 1 is 0.284 bits per heavy atom. The summed E-state index contributed by atoms with van der Waals surface area (Å²) in [6.07, 6.45) is 0. The van der Waals surface area contributed by atoms with Crippen molar-refractivity contribution in [2.45, 2.75) is 138 Å². The van der Waals surface area contributed by atoms with E-state index in [0.29, 0.717) is 0 Å². The number of hydrogen-bond acceptors (Lipinski definition) is 0. The van der Waals surface area contributed by atoms with Gasteiger partial charge in [-0.25, -0.2) is 0 Å². The molecule has 0 atom stereocenters. The van der Waals surface area contributed by atoms with Crippen molar-refractivity contribution in [1.29, 1.82) is 0 Å². The minimum absolute atomic E-state index is 0. The maximum atomic E-state index is 3.24. The van der Waals surface area contributed by atoms with Crippen LogP contribution >= 0.6 is 0 Å². The molecule has 0 N–H and O–H groups in total. The largest absolute Gasteiger partial charge is 0.184 e. The summed E-state index contributed by atoms with van der Waals surface area (Å²) in [4.78, 5) is 0. The van der Waals surface area contributed by atoms with Crippen LogP contribution in [-0.4, -0.2) is 0 Å². The Labute approximate surface area is 538 Å². The van der Waals surface area contributed by atoms with Crippen LogP contribution in [0.4, 0.5) is 0 Å². The minimum atomic E-state index is 0. The molecule has 0 amide bonds. The Balaban J connectivity index is -0.000000220. The van der Waals surface area contributed by atoms with Crippen molar-refractivity contribution in [3.05, 3.63) is 245 Å². The molecular formula is C62H77Y5-5. The second kappa shape index (κ2) is 41.5. The molecular weight excluding hydrogens is 1190 g/mol. The number of hydrogen-bond donors (Lipinski definition) is 0. The van der Waals surface area contributed by atoms with E-state index < -0.39 is 0 Å². The summed E-state index contributed by atoms with van der Waals surface area (Å²) >= 11 is 0. The molecule has 0 aliphatic rings. The van der Waals surface area contributed by atoms with E-state index in [9.17, 15) is 0 Å². The van der Waals surface area contributed by atoms with Crippen molar-refractivity contribution in [3.63, 3.8) is 0 Å². The fourth-order valence-corrected chi connectivity index (χ4v) is 5.64. The fourth-order valence-electron chi connectivity index (χ4n) is 5.64. The Morgan fingerprint density at radius 3 is 0.985 bits per heavy atom. The van der Waals surface area contributed by atoms with Gasteiger partial charge in [-0.3, -0.25) is 0 Å². The van der Waals surface area contributed by atoms with Crippen molar-refractivity contribution in [3.8, 4) is 0 Å². The SMILES string of the molecule is Cc1[c-]c(C)c(C)cc1.Cc1[c-]cc(C)c(C)c1.Cc1[c-]cc(C)c(C)c1.Cc1c[c-]cc(C)c1C.Cc1c[c-]ccc1C.Cc1ccc(C)c(C)c1.Cc1cccc(C)c1C.[Y].[Y].[Y].[Y].[Y]. The summed E-state index contributed by atoms with van der Waals surface area (Å²) in [6, 6.07) is 51.1. The van der Waals surface area contributed by atoms with Crippen LogP contribution < -0.4 is 0 Å². The Hall–Kier alpha value is 0.0595. The van der Waals surface area contributed by atoms with Crippen LogP contribution in [-0.2, 0) is 164 Å². The first-order valence-corrected chi connectivity index (χ1v) is 21.8. The Morgan fingerprint density at radius 2 is 0.672 bits per heavy atom. The normalized spacial score (nSPS) is 8.90. The molecule has 0 saturated carbocycles. The first kappa shape index (κ1) is 76.0. The van der Waals surface area contributed by atoms with Crippen LogP contribution in [0.3, 0.4) is 0 Å². The Kier molecular flexibility index (Phi) is 47.1. The second-order valence-corrected chi connectivity index (χ2v) is 17.0. The molecule has 0 unspecified atom stereocenters. The zero-order valence-electron chi connectivity index (χ0n) is 45.2. The van der Waals surface area contributed by atoms with Crippen molar-refractivity contribution in [2.75, 3.05) is 0 Å². The van der Waals surface area contributed by atoms with Gasteiger partial charge >= 0.3 is 0 Å². The monoisotopic (exact) mass is 1270 g/mol. The van der Waals surface area contributed by atoms with E-state index >= 15 is 0 Å². The van der Waals surface area contributed by atoms with Gasteiger partial charge in [0.15, 0.2) is 0 Å². The summed E-state index contributed by atoms with van der Waals surface area (Å²) < 4.78 is 0. The predicted molar refractivity (Wildman–Crippen MR) is 274 cm³/mol. The summed E-state index contributed by atoms with van der Waals surface area (Å²) in [5.74, 6) is 0. The third-order valence-electron chi connectivity index (χ3n) is 11.4. The molecule has 7 rings (SSSR count). The average molecular weight is 1270 g/mol. The van der Waals surface area contributed by atoms with E-state index in [-0.39, 0.29) is 164 Å². The topological polar surface area (TPSA) is 0 Å². The number of rotatable bonds is 0. The quantitative estimate of drug-likeness (QED) is 0.133. The van der Waals surface area contributed by atoms with Gasteiger partial charge in [0.1, 0.15) is 0 Å². The van der Waals surface area contributed by atoms with E-state index in [2.05, 4.69) is 236 Å². The molecule has 7 aromatic rings. The van der Waals surface area contributed by atoms with Crippen molar-refractivity contribution in [1.82, 2.24) is 0 Å². The van der Waals surface area contributed by atoms with Gasteiger partial charge in [0.05, 0.1) is 0 Å². The first-order valence-electron chi connectivity index (χ1n) is 21.8. The van der Waals surface area contributed by atoms with E-state index in [0.717, 1.165) is 0 Å². The molecule has 0 aliphatic carbocycles. The van der Waals surface area contributed by atoms with Crippen LogP contribution in [0, 0.1) is 169 Å². The average Bonchev–Trinajstić information content (AvgIpc) is 3.22. The van der Waals surface area contributed by atoms with Crippen molar-refractivity contribution in [2.24, 2.45) is 0 Å². The maximum Gasteiger partial charge on any atom is 0 e. The van der Waals surface area contributed by atoms with Gasteiger partial charge in [-0.1, -0.05) is 139 Å². The molecule has 345 valence electrons. The fraction of sp³-hybridized carbons (Fsp3) is 0.323. The third-order valence-corrected chi connectivity index (χ3v) is 11.4. The standard InChI is InChI=1S/C9H12.3C9H11.C9H12.C9H11.C8H9.5Y/c4*1-7-4-5-8(2)9(3)6-7;2*1-7-5-4-6-8(2)9(7)3;1-7-5-3-4-6-8(7)2;;;;;/h4-6H,1-3H3;2*5-6H,1-3H3;4-5H,1-3H3;4-6H,1-3H3;5-6H,1-3H3;3,5-6H,1-2H3;;;;;/q;3*-1;;2*-1;;;;;. The molecule has 0 aliphatic heterocycles. The van der Waals surface area contributed by atoms with Crippen LogP contribution in [0.25, 0.3) is 0 Å². The Bertz CT molecular complexity index is 2120. The minimum Gasteiger partial charge on any atom is -0.184 e. The smallest absolute Gasteiger partial charge is 0 e. The van der Waals surface area contributed by atoms with Gasteiger partial charge in [-0.15, -0.1) is 0 Å². The molecule has 0 heterocycles. The van der Waals surface area contributed by atoms with E-state index in [1.54, 1.807) is 0 Å². The number of aryl methyl sites for hydroxylation is 18. The predicted octanol–water partition coefficient (Wildman–Crippen LogP) is 17.0. The van der Waals surface area contributed by atoms with E-state index in [4.69, 9.17) is 0 Å². The zero-order valence-corrected chi connectivity index (χ0v) is 59.4. The van der Waals surface area contributed by atoms with Crippen LogP contribution in [0.5, 0.6) is 0 Å². The molecule has 0 bridgehead atoms. The second-order valence-electron chi connectivity index (χ2n) is 17.0. The molecule has 67 heavy (non-hydrogen) atoms. The van der Waals surface area contributed by atoms with Crippen LogP contribution in [0.1, 0.15) is 111 Å². The van der Waals surface area contributed by atoms with E-state index in [1.165, 1.54) is 111 Å². The molecule has 0 saturated heterocycles. The van der Waals surface area contributed by atoms with Crippen LogP contribution in [0.15, 0.2) is 103 Å². The number of benzene rings is 7. The molecule has 0 spiro atoms. The summed E-state index contributed by atoms with van der Waals surface area (Å²) in [5.41, 5.74) is 26.6. The molecule has 0 nitrogen and oxygen atoms in total. The summed E-state index contributed by atoms with van der Waals surface area (Å²) in [6.45, 7) is 42.2. The molecule has 5 radical (unpaired) electrons. The summed E-state index contributed by atoms with van der Waals surface area (Å²) in [7, 11) is 0. The maximum absolute atomic E-state index is 3.24. The molecule has 5 heteroatoms. The van der Waals surface area contributed by atoms with Gasteiger partial charge in [-0.05, 0) is 69.4 Å². The first-order chi connectivity index (χ1) is 29.0. The van der Waals surface area contributed by atoms with E-state index in [1.807, 2.05) is 36.4 Å². The van der Waals surface area contributed by atoms with Crippen molar-refractivity contribution >= 4 is 0 Å².